The van der Waals surface area contributed by atoms with E-state index in [4.69, 9.17) is 0 Å². The standard InChI is InChI=1S/C17H26N4/c1-5-15(4)20(11-16-9-7-14(3)8-10-16)12-17-18-13-19-21(17)6-2/h7-10,13,15H,5-6,11-12H2,1-4H3. The Hall–Kier alpha value is -1.68. The highest BCUT2D eigenvalue weighted by Gasteiger charge is 2.16. The highest BCUT2D eigenvalue weighted by Crippen LogP contribution is 2.14. The number of nitrogens with zero attached hydrogens (tertiary/aromatic N) is 4. The van der Waals surface area contributed by atoms with E-state index in [1.807, 2.05) is 4.68 Å². The Bertz CT molecular complexity index is 544. The Morgan fingerprint density at radius 2 is 1.86 bits per heavy atom. The van der Waals surface area contributed by atoms with E-state index < -0.39 is 0 Å². The quantitative estimate of drug-likeness (QED) is 0.782. The predicted octanol–water partition coefficient (Wildman–Crippen LogP) is 3.41. The van der Waals surface area contributed by atoms with E-state index in [1.54, 1.807) is 6.33 Å². The Kier molecular flexibility index (Phi) is 5.51. The molecule has 21 heavy (non-hydrogen) atoms. The van der Waals surface area contributed by atoms with Gasteiger partial charge in [-0.25, -0.2) is 9.67 Å². The van der Waals surface area contributed by atoms with Crippen LogP contribution in [0.25, 0.3) is 0 Å². The topological polar surface area (TPSA) is 34.0 Å². The van der Waals surface area contributed by atoms with E-state index in [-0.39, 0.29) is 0 Å². The van der Waals surface area contributed by atoms with E-state index in [9.17, 15) is 0 Å². The minimum Gasteiger partial charge on any atom is -0.289 e. The summed E-state index contributed by atoms with van der Waals surface area (Å²) in [6, 6.07) is 9.32. The first-order valence-electron chi connectivity index (χ1n) is 7.80. The zero-order chi connectivity index (χ0) is 15.2. The normalized spacial score (nSPS) is 12.8. The summed E-state index contributed by atoms with van der Waals surface area (Å²) >= 11 is 0. The molecule has 0 amide bonds. The lowest BCUT2D eigenvalue weighted by Gasteiger charge is -2.28. The molecule has 4 nitrogen and oxygen atoms in total. The second-order valence-corrected chi connectivity index (χ2v) is 5.64. The third-order valence-electron chi connectivity index (χ3n) is 4.06. The molecule has 0 aliphatic heterocycles. The van der Waals surface area contributed by atoms with E-state index in [0.29, 0.717) is 6.04 Å². The lowest BCUT2D eigenvalue weighted by atomic mass is 10.1. The van der Waals surface area contributed by atoms with Crippen LogP contribution in [0.4, 0.5) is 0 Å². The van der Waals surface area contributed by atoms with Gasteiger partial charge < -0.3 is 0 Å². The summed E-state index contributed by atoms with van der Waals surface area (Å²) in [5, 5.41) is 4.27. The fourth-order valence-corrected chi connectivity index (χ4v) is 2.41. The van der Waals surface area contributed by atoms with Crippen molar-refractivity contribution in [2.24, 2.45) is 0 Å². The van der Waals surface area contributed by atoms with Crippen LogP contribution in [0.5, 0.6) is 0 Å². The van der Waals surface area contributed by atoms with Crippen molar-refractivity contribution >= 4 is 0 Å². The van der Waals surface area contributed by atoms with Gasteiger partial charge in [0.15, 0.2) is 0 Å². The van der Waals surface area contributed by atoms with Crippen LogP contribution in [0.15, 0.2) is 30.6 Å². The number of aryl methyl sites for hydroxylation is 2. The van der Waals surface area contributed by atoms with Crippen LogP contribution in [0.3, 0.4) is 0 Å². The van der Waals surface area contributed by atoms with Crippen molar-refractivity contribution in [3.63, 3.8) is 0 Å². The fourth-order valence-electron chi connectivity index (χ4n) is 2.41. The summed E-state index contributed by atoms with van der Waals surface area (Å²) in [6.45, 7) is 11.4. The Balaban J connectivity index is 2.13. The van der Waals surface area contributed by atoms with Gasteiger partial charge in [0.25, 0.3) is 0 Å². The van der Waals surface area contributed by atoms with Crippen molar-refractivity contribution in [3.8, 4) is 0 Å². The molecular formula is C17H26N4. The van der Waals surface area contributed by atoms with Gasteiger partial charge in [-0.3, -0.25) is 4.90 Å². The van der Waals surface area contributed by atoms with Crippen molar-refractivity contribution in [3.05, 3.63) is 47.5 Å². The molecule has 1 aromatic carbocycles. The molecule has 114 valence electrons. The Labute approximate surface area is 127 Å². The van der Waals surface area contributed by atoms with Gasteiger partial charge in [-0.15, -0.1) is 0 Å². The van der Waals surface area contributed by atoms with Crippen molar-refractivity contribution in [2.45, 2.75) is 59.8 Å². The predicted molar refractivity (Wildman–Crippen MR) is 85.9 cm³/mol. The molecule has 1 atom stereocenters. The molecule has 0 N–H and O–H groups in total. The Morgan fingerprint density at radius 1 is 1.14 bits per heavy atom. The lowest BCUT2D eigenvalue weighted by molar-refractivity contribution is 0.178. The molecule has 1 heterocycles. The lowest BCUT2D eigenvalue weighted by Crippen LogP contribution is -2.32. The smallest absolute Gasteiger partial charge is 0.141 e. The van der Waals surface area contributed by atoms with Gasteiger partial charge in [-0.2, -0.15) is 5.10 Å². The molecule has 0 radical (unpaired) electrons. The highest BCUT2D eigenvalue weighted by atomic mass is 15.3. The fraction of sp³-hybridized carbons (Fsp3) is 0.529. The molecule has 2 rings (SSSR count). The molecule has 0 saturated heterocycles. The van der Waals surface area contributed by atoms with Crippen LogP contribution in [0.1, 0.15) is 44.1 Å². The molecule has 1 unspecified atom stereocenters. The number of rotatable bonds is 7. The van der Waals surface area contributed by atoms with Gasteiger partial charge in [-0.1, -0.05) is 36.8 Å². The minimum atomic E-state index is 0.522. The summed E-state index contributed by atoms with van der Waals surface area (Å²) in [4.78, 5) is 6.88. The van der Waals surface area contributed by atoms with Crippen LogP contribution < -0.4 is 0 Å². The van der Waals surface area contributed by atoms with Crippen LogP contribution >= 0.6 is 0 Å². The van der Waals surface area contributed by atoms with Crippen LogP contribution in [0, 0.1) is 6.92 Å². The second kappa shape index (κ2) is 7.36. The first kappa shape index (κ1) is 15.7. The molecular weight excluding hydrogens is 260 g/mol. The van der Waals surface area contributed by atoms with E-state index >= 15 is 0 Å². The second-order valence-electron chi connectivity index (χ2n) is 5.64. The zero-order valence-corrected chi connectivity index (χ0v) is 13.6. The summed E-state index contributed by atoms with van der Waals surface area (Å²) in [7, 11) is 0. The Morgan fingerprint density at radius 3 is 2.48 bits per heavy atom. The van der Waals surface area contributed by atoms with Crippen molar-refractivity contribution in [1.29, 1.82) is 0 Å². The molecule has 0 saturated carbocycles. The van der Waals surface area contributed by atoms with Crippen LogP contribution in [-0.2, 0) is 19.6 Å². The van der Waals surface area contributed by atoms with Gasteiger partial charge in [-0.05, 0) is 32.8 Å². The van der Waals surface area contributed by atoms with Gasteiger partial charge in [0.05, 0.1) is 6.54 Å². The zero-order valence-electron chi connectivity index (χ0n) is 13.6. The maximum atomic E-state index is 4.41. The molecule has 0 bridgehead atoms. The third kappa shape index (κ3) is 4.14. The summed E-state index contributed by atoms with van der Waals surface area (Å²) in [5.41, 5.74) is 2.66. The SMILES string of the molecule is CCC(C)N(Cc1ccc(C)cc1)Cc1ncnn1CC. The summed E-state index contributed by atoms with van der Waals surface area (Å²) < 4.78 is 1.98. The average molecular weight is 286 g/mol. The minimum absolute atomic E-state index is 0.522. The monoisotopic (exact) mass is 286 g/mol. The maximum Gasteiger partial charge on any atom is 0.141 e. The van der Waals surface area contributed by atoms with Crippen molar-refractivity contribution < 1.29 is 0 Å². The first-order chi connectivity index (χ1) is 10.1. The van der Waals surface area contributed by atoms with Crippen molar-refractivity contribution in [2.75, 3.05) is 0 Å². The molecule has 0 spiro atoms. The maximum absolute atomic E-state index is 4.41. The van der Waals surface area contributed by atoms with Crippen LogP contribution in [0.2, 0.25) is 0 Å². The summed E-state index contributed by atoms with van der Waals surface area (Å²) in [5.74, 6) is 1.05. The molecule has 0 aliphatic carbocycles. The molecule has 0 fully saturated rings. The summed E-state index contributed by atoms with van der Waals surface area (Å²) in [6.07, 6.45) is 2.78. The van der Waals surface area contributed by atoms with Gasteiger partial charge in [0.1, 0.15) is 12.2 Å². The van der Waals surface area contributed by atoms with Gasteiger partial charge in [0.2, 0.25) is 0 Å². The molecule has 0 aliphatic rings. The van der Waals surface area contributed by atoms with Gasteiger partial charge in [0, 0.05) is 19.1 Å². The number of benzene rings is 1. The first-order valence-corrected chi connectivity index (χ1v) is 7.80. The highest BCUT2D eigenvalue weighted by molar-refractivity contribution is 5.21. The molecule has 2 aromatic rings. The van der Waals surface area contributed by atoms with E-state index in [1.165, 1.54) is 11.1 Å². The van der Waals surface area contributed by atoms with Crippen molar-refractivity contribution in [1.82, 2.24) is 19.7 Å². The number of hydrogen-bond acceptors (Lipinski definition) is 3. The van der Waals surface area contributed by atoms with E-state index in [2.05, 4.69) is 66.9 Å². The number of aromatic nitrogens is 3. The molecule has 1 aromatic heterocycles. The third-order valence-corrected chi connectivity index (χ3v) is 4.06. The van der Waals surface area contributed by atoms with Crippen LogP contribution in [-0.4, -0.2) is 25.7 Å². The largest absolute Gasteiger partial charge is 0.289 e. The average Bonchev–Trinajstić information content (AvgIpc) is 2.95. The molecule has 4 heteroatoms. The number of hydrogen-bond donors (Lipinski definition) is 0. The van der Waals surface area contributed by atoms with Gasteiger partial charge >= 0.3 is 0 Å². The van der Waals surface area contributed by atoms with E-state index in [0.717, 1.165) is 31.9 Å².